The number of hydrogen-bond donors (Lipinski definition) is 0. The third-order valence-electron chi connectivity index (χ3n) is 4.64. The zero-order chi connectivity index (χ0) is 20.1. The second-order valence-electron chi connectivity index (χ2n) is 6.60. The highest BCUT2D eigenvalue weighted by Gasteiger charge is 2.34. The molecule has 1 aromatic heterocycles. The first-order valence-corrected chi connectivity index (χ1v) is 10.7. The fraction of sp³-hybridized carbons (Fsp3) is 0.421. The van der Waals surface area contributed by atoms with Gasteiger partial charge in [-0.15, -0.1) is 0 Å². The number of carbonyl (C=O) groups is 2. The molecule has 8 nitrogen and oxygen atoms in total. The van der Waals surface area contributed by atoms with E-state index < -0.39 is 34.4 Å². The lowest BCUT2D eigenvalue weighted by molar-refractivity contribution is -0.137. The van der Waals surface area contributed by atoms with Crippen molar-refractivity contribution >= 4 is 32.6 Å². The first kappa shape index (κ1) is 20.2. The lowest BCUT2D eigenvalue weighted by Gasteiger charge is -2.27. The van der Waals surface area contributed by atoms with Crippen LogP contribution in [0.15, 0.2) is 36.4 Å². The molecule has 0 bridgehead atoms. The summed E-state index contributed by atoms with van der Waals surface area (Å²) in [5, 5.41) is 0.892. The van der Waals surface area contributed by atoms with E-state index in [4.69, 9.17) is 9.47 Å². The summed E-state index contributed by atoms with van der Waals surface area (Å²) in [6.07, 6.45) is 0.373. The standard InChI is InChI=1S/C19H22N2O6S/c1-26-10-9-21(15-8-11-28(24,25)13-15)18(22)12-27-19(23)17-7-6-14-4-2-3-5-16(14)20-17/h2-7,15H,8-13H2,1H3/t15-/m1/s1. The van der Waals surface area contributed by atoms with E-state index in [0.29, 0.717) is 11.9 Å². The number of esters is 1. The minimum atomic E-state index is -3.15. The van der Waals surface area contributed by atoms with E-state index in [1.54, 1.807) is 18.2 Å². The van der Waals surface area contributed by atoms with E-state index in [1.165, 1.54) is 12.0 Å². The summed E-state index contributed by atoms with van der Waals surface area (Å²) >= 11 is 0. The quantitative estimate of drug-likeness (QED) is 0.633. The van der Waals surface area contributed by atoms with Crippen LogP contribution in [0.3, 0.4) is 0 Å². The van der Waals surface area contributed by atoms with Gasteiger partial charge in [0.05, 0.1) is 23.6 Å². The number of aromatic nitrogens is 1. The van der Waals surface area contributed by atoms with Gasteiger partial charge in [0.15, 0.2) is 16.4 Å². The van der Waals surface area contributed by atoms with Crippen molar-refractivity contribution in [1.29, 1.82) is 0 Å². The number of methoxy groups -OCH3 is 1. The molecular formula is C19H22N2O6S. The number of ether oxygens (including phenoxy) is 2. The molecule has 0 unspecified atom stereocenters. The van der Waals surface area contributed by atoms with E-state index in [-0.39, 0.29) is 30.4 Å². The Bertz CT molecular complexity index is 975. The Kier molecular flexibility index (Phi) is 6.25. The summed E-state index contributed by atoms with van der Waals surface area (Å²) in [6, 6.07) is 10.2. The predicted octanol–water partition coefficient (Wildman–Crippen LogP) is 1.05. The number of carbonyl (C=O) groups excluding carboxylic acids is 2. The van der Waals surface area contributed by atoms with Crippen LogP contribution in [-0.4, -0.2) is 74.6 Å². The molecule has 0 saturated carbocycles. The topological polar surface area (TPSA) is 103 Å². The van der Waals surface area contributed by atoms with Crippen LogP contribution in [0, 0.1) is 0 Å². The van der Waals surface area contributed by atoms with Crippen molar-refractivity contribution in [2.24, 2.45) is 0 Å². The molecule has 150 valence electrons. The van der Waals surface area contributed by atoms with Crippen molar-refractivity contribution in [3.8, 4) is 0 Å². The van der Waals surface area contributed by atoms with Crippen molar-refractivity contribution in [2.75, 3.05) is 38.4 Å². The molecule has 0 aliphatic carbocycles. The number of sulfone groups is 1. The summed E-state index contributed by atoms with van der Waals surface area (Å²) in [6.45, 7) is 0.0252. The van der Waals surface area contributed by atoms with Gasteiger partial charge in [-0.25, -0.2) is 18.2 Å². The van der Waals surface area contributed by atoms with Crippen molar-refractivity contribution in [1.82, 2.24) is 9.88 Å². The van der Waals surface area contributed by atoms with E-state index in [1.807, 2.05) is 18.2 Å². The van der Waals surface area contributed by atoms with Crippen LogP contribution in [0.5, 0.6) is 0 Å². The maximum Gasteiger partial charge on any atom is 0.357 e. The normalized spacial score (nSPS) is 18.1. The molecule has 1 aromatic carbocycles. The molecule has 1 saturated heterocycles. The summed E-state index contributed by atoms with van der Waals surface area (Å²) in [5.74, 6) is -1.18. The number of pyridine rings is 1. The molecular weight excluding hydrogens is 384 g/mol. The maximum absolute atomic E-state index is 12.6. The van der Waals surface area contributed by atoms with Crippen LogP contribution in [0.2, 0.25) is 0 Å². The minimum Gasteiger partial charge on any atom is -0.451 e. The van der Waals surface area contributed by atoms with Crippen LogP contribution < -0.4 is 0 Å². The molecule has 0 N–H and O–H groups in total. The smallest absolute Gasteiger partial charge is 0.357 e. The molecule has 1 atom stereocenters. The van der Waals surface area contributed by atoms with Gasteiger partial charge in [0.1, 0.15) is 5.69 Å². The largest absolute Gasteiger partial charge is 0.451 e. The first-order valence-electron chi connectivity index (χ1n) is 8.91. The fourth-order valence-electron chi connectivity index (χ4n) is 3.19. The number of hydrogen-bond acceptors (Lipinski definition) is 7. The Hall–Kier alpha value is -2.52. The second kappa shape index (κ2) is 8.66. The van der Waals surface area contributed by atoms with E-state index in [9.17, 15) is 18.0 Å². The molecule has 0 spiro atoms. The monoisotopic (exact) mass is 406 g/mol. The van der Waals surface area contributed by atoms with Gasteiger partial charge < -0.3 is 14.4 Å². The van der Waals surface area contributed by atoms with Crippen LogP contribution in [0.4, 0.5) is 0 Å². The molecule has 2 aromatic rings. The maximum atomic E-state index is 12.6. The molecule has 1 aliphatic heterocycles. The van der Waals surface area contributed by atoms with Crippen molar-refractivity contribution < 1.29 is 27.5 Å². The van der Waals surface area contributed by atoms with Crippen LogP contribution >= 0.6 is 0 Å². The highest BCUT2D eigenvalue weighted by Crippen LogP contribution is 2.18. The van der Waals surface area contributed by atoms with E-state index in [0.717, 1.165) is 5.39 Å². The molecule has 1 fully saturated rings. The lowest BCUT2D eigenvalue weighted by atomic mass is 10.2. The zero-order valence-electron chi connectivity index (χ0n) is 15.5. The van der Waals surface area contributed by atoms with Crippen molar-refractivity contribution in [3.63, 3.8) is 0 Å². The molecule has 3 rings (SSSR count). The van der Waals surface area contributed by atoms with Gasteiger partial charge in [-0.1, -0.05) is 24.3 Å². The fourth-order valence-corrected chi connectivity index (χ4v) is 4.92. The van der Waals surface area contributed by atoms with E-state index >= 15 is 0 Å². The zero-order valence-corrected chi connectivity index (χ0v) is 16.4. The Balaban J connectivity index is 1.64. The van der Waals surface area contributed by atoms with Crippen LogP contribution in [0.1, 0.15) is 16.9 Å². The predicted molar refractivity (Wildman–Crippen MR) is 103 cm³/mol. The van der Waals surface area contributed by atoms with Gasteiger partial charge in [-0.2, -0.15) is 0 Å². The lowest BCUT2D eigenvalue weighted by Crippen LogP contribution is -2.45. The highest BCUT2D eigenvalue weighted by molar-refractivity contribution is 7.91. The Labute approximate surface area is 163 Å². The molecule has 28 heavy (non-hydrogen) atoms. The highest BCUT2D eigenvalue weighted by atomic mass is 32.2. The molecule has 0 radical (unpaired) electrons. The summed E-state index contributed by atoms with van der Waals surface area (Å²) in [5.41, 5.74) is 0.763. The van der Waals surface area contributed by atoms with E-state index in [2.05, 4.69) is 4.98 Å². The second-order valence-corrected chi connectivity index (χ2v) is 8.83. The Morgan fingerprint density at radius 3 is 2.71 bits per heavy atom. The average molecular weight is 406 g/mol. The van der Waals surface area contributed by atoms with Gasteiger partial charge in [0, 0.05) is 25.1 Å². The third-order valence-corrected chi connectivity index (χ3v) is 6.39. The number of para-hydroxylation sites is 1. The van der Waals surface area contributed by atoms with Crippen molar-refractivity contribution in [3.05, 3.63) is 42.1 Å². The summed E-state index contributed by atoms with van der Waals surface area (Å²) in [4.78, 5) is 30.5. The van der Waals surface area contributed by atoms with Crippen LogP contribution in [0.25, 0.3) is 10.9 Å². The summed E-state index contributed by atoms with van der Waals surface area (Å²) < 4.78 is 33.6. The SMILES string of the molecule is COCCN(C(=O)COC(=O)c1ccc2ccccc2n1)[C@@H]1CCS(=O)(=O)C1. The van der Waals surface area contributed by atoms with Gasteiger partial charge in [0.25, 0.3) is 5.91 Å². The Morgan fingerprint density at radius 1 is 1.21 bits per heavy atom. The minimum absolute atomic E-state index is 0.0508. The molecule has 2 heterocycles. The van der Waals surface area contributed by atoms with Gasteiger partial charge >= 0.3 is 5.97 Å². The number of rotatable bonds is 7. The van der Waals surface area contributed by atoms with Gasteiger partial charge in [0.2, 0.25) is 0 Å². The third kappa shape index (κ3) is 4.85. The number of fused-ring (bicyclic) bond motifs is 1. The first-order chi connectivity index (χ1) is 13.4. The van der Waals surface area contributed by atoms with Crippen molar-refractivity contribution in [2.45, 2.75) is 12.5 Å². The average Bonchev–Trinajstić information content (AvgIpc) is 3.05. The van der Waals surface area contributed by atoms with Crippen LogP contribution in [-0.2, 0) is 24.1 Å². The molecule has 9 heteroatoms. The summed E-state index contributed by atoms with van der Waals surface area (Å²) in [7, 11) is -1.65. The van der Waals surface area contributed by atoms with Gasteiger partial charge in [-0.05, 0) is 18.6 Å². The molecule has 1 aliphatic rings. The number of amides is 1. The number of nitrogens with zero attached hydrogens (tertiary/aromatic N) is 2. The number of benzene rings is 1. The van der Waals surface area contributed by atoms with Gasteiger partial charge in [-0.3, -0.25) is 4.79 Å². The molecule has 1 amide bonds. The Morgan fingerprint density at radius 2 is 2.00 bits per heavy atom.